The van der Waals surface area contributed by atoms with Crippen molar-refractivity contribution in [3.63, 3.8) is 0 Å². The maximum absolute atomic E-state index is 13.6. The predicted octanol–water partition coefficient (Wildman–Crippen LogP) is 3.03. The minimum Gasteiger partial charge on any atom is -0.351 e. The van der Waals surface area contributed by atoms with Crippen LogP contribution in [-0.2, 0) is 0 Å². The van der Waals surface area contributed by atoms with Crippen LogP contribution < -0.4 is 5.32 Å². The van der Waals surface area contributed by atoms with Crippen molar-refractivity contribution >= 4 is 27.5 Å². The van der Waals surface area contributed by atoms with E-state index in [0.29, 0.717) is 6.54 Å². The Hall–Kier alpha value is -1.50. The van der Waals surface area contributed by atoms with E-state index in [9.17, 15) is 19.3 Å². The zero-order chi connectivity index (χ0) is 14.4. The Labute approximate surface area is 118 Å². The molecule has 1 aromatic carbocycles. The summed E-state index contributed by atoms with van der Waals surface area (Å²) in [6.45, 7) is 2.40. The highest BCUT2D eigenvalue weighted by molar-refractivity contribution is 9.09. The lowest BCUT2D eigenvalue weighted by Crippen LogP contribution is -2.30. The van der Waals surface area contributed by atoms with Crippen LogP contribution in [0.5, 0.6) is 0 Å². The molecule has 5 nitrogen and oxygen atoms in total. The van der Waals surface area contributed by atoms with E-state index in [-0.39, 0.29) is 16.1 Å². The zero-order valence-corrected chi connectivity index (χ0v) is 11.9. The van der Waals surface area contributed by atoms with E-state index < -0.39 is 16.6 Å². The van der Waals surface area contributed by atoms with E-state index in [4.69, 9.17) is 0 Å². The van der Waals surface area contributed by atoms with Gasteiger partial charge in [-0.05, 0) is 12.5 Å². The Morgan fingerprint density at radius 2 is 2.26 bits per heavy atom. The third-order valence-corrected chi connectivity index (χ3v) is 3.28. The van der Waals surface area contributed by atoms with Crippen molar-refractivity contribution in [2.75, 3.05) is 6.54 Å². The van der Waals surface area contributed by atoms with Gasteiger partial charge < -0.3 is 5.32 Å². The third kappa shape index (κ3) is 4.59. The lowest BCUT2D eigenvalue weighted by Gasteiger charge is -2.10. The van der Waals surface area contributed by atoms with Gasteiger partial charge in [0.2, 0.25) is 0 Å². The van der Waals surface area contributed by atoms with Gasteiger partial charge in [0.25, 0.3) is 11.6 Å². The topological polar surface area (TPSA) is 72.2 Å². The molecule has 1 amide bonds. The quantitative estimate of drug-likeness (QED) is 0.494. The summed E-state index contributed by atoms with van der Waals surface area (Å²) in [7, 11) is 0. The zero-order valence-electron chi connectivity index (χ0n) is 10.4. The summed E-state index contributed by atoms with van der Waals surface area (Å²) >= 11 is 3.39. The number of halogens is 2. The Morgan fingerprint density at radius 1 is 1.58 bits per heavy atom. The van der Waals surface area contributed by atoms with Gasteiger partial charge in [-0.15, -0.1) is 0 Å². The second-order valence-corrected chi connectivity index (χ2v) is 5.31. The van der Waals surface area contributed by atoms with Crippen LogP contribution in [0.15, 0.2) is 18.2 Å². The van der Waals surface area contributed by atoms with Gasteiger partial charge >= 0.3 is 0 Å². The van der Waals surface area contributed by atoms with Crippen molar-refractivity contribution in [1.82, 2.24) is 5.32 Å². The van der Waals surface area contributed by atoms with Gasteiger partial charge in [0.1, 0.15) is 5.82 Å². The molecule has 1 aromatic rings. The summed E-state index contributed by atoms with van der Waals surface area (Å²) in [5.41, 5.74) is -0.569. The Bertz CT molecular complexity index is 482. The highest BCUT2D eigenvalue weighted by Gasteiger charge is 2.16. The third-order valence-electron chi connectivity index (χ3n) is 2.49. The van der Waals surface area contributed by atoms with Crippen molar-refractivity contribution in [3.05, 3.63) is 39.7 Å². The smallest absolute Gasteiger partial charge is 0.272 e. The van der Waals surface area contributed by atoms with Gasteiger partial charge in [-0.25, -0.2) is 4.39 Å². The largest absolute Gasteiger partial charge is 0.351 e. The van der Waals surface area contributed by atoms with Gasteiger partial charge in [0.05, 0.1) is 16.6 Å². The molecule has 0 aromatic heterocycles. The SMILES string of the molecule is CCCC(Br)CNC(=O)c1ccc([N+](=O)[O-])cc1F. The number of carbonyl (C=O) groups excluding carboxylic acids is 1. The molecular weight excluding hydrogens is 319 g/mol. The molecule has 0 saturated carbocycles. The van der Waals surface area contributed by atoms with Crippen LogP contribution in [0.4, 0.5) is 10.1 Å². The van der Waals surface area contributed by atoms with Crippen LogP contribution in [0.25, 0.3) is 0 Å². The molecule has 1 unspecified atom stereocenters. The van der Waals surface area contributed by atoms with Crippen LogP contribution in [0.3, 0.4) is 0 Å². The Kier molecular flexibility index (Phi) is 5.88. The van der Waals surface area contributed by atoms with Gasteiger partial charge in [0.15, 0.2) is 0 Å². The van der Waals surface area contributed by atoms with E-state index in [0.717, 1.165) is 31.0 Å². The van der Waals surface area contributed by atoms with E-state index in [2.05, 4.69) is 21.2 Å². The molecule has 0 saturated heterocycles. The molecule has 1 rings (SSSR count). The highest BCUT2D eigenvalue weighted by Crippen LogP contribution is 2.16. The lowest BCUT2D eigenvalue weighted by atomic mass is 10.1. The number of carbonyl (C=O) groups is 1. The van der Waals surface area contributed by atoms with E-state index in [1.54, 1.807) is 0 Å². The van der Waals surface area contributed by atoms with E-state index >= 15 is 0 Å². The number of benzene rings is 1. The van der Waals surface area contributed by atoms with Crippen LogP contribution in [0, 0.1) is 15.9 Å². The van der Waals surface area contributed by atoms with Crippen LogP contribution in [-0.4, -0.2) is 22.2 Å². The number of amides is 1. The number of nitro benzene ring substituents is 1. The fourth-order valence-electron chi connectivity index (χ4n) is 1.52. The average Bonchev–Trinajstić information content (AvgIpc) is 2.36. The average molecular weight is 333 g/mol. The fraction of sp³-hybridized carbons (Fsp3) is 0.417. The molecule has 7 heteroatoms. The monoisotopic (exact) mass is 332 g/mol. The molecule has 0 heterocycles. The molecule has 0 fully saturated rings. The molecule has 0 aliphatic rings. The number of nitro groups is 1. The van der Waals surface area contributed by atoms with Crippen LogP contribution in [0.1, 0.15) is 30.1 Å². The summed E-state index contributed by atoms with van der Waals surface area (Å²) in [5.74, 6) is -1.47. The highest BCUT2D eigenvalue weighted by atomic mass is 79.9. The van der Waals surface area contributed by atoms with Crippen molar-refractivity contribution in [1.29, 1.82) is 0 Å². The maximum Gasteiger partial charge on any atom is 0.272 e. The number of rotatable bonds is 6. The fourth-order valence-corrected chi connectivity index (χ4v) is 2.14. The normalized spacial score (nSPS) is 11.9. The molecule has 0 bridgehead atoms. The molecule has 0 radical (unpaired) electrons. The summed E-state index contributed by atoms with van der Waals surface area (Å²) in [6, 6.07) is 2.97. The first-order valence-electron chi connectivity index (χ1n) is 5.82. The molecule has 0 aliphatic heterocycles. The number of hydrogen-bond donors (Lipinski definition) is 1. The van der Waals surface area contributed by atoms with Gasteiger partial charge in [0, 0.05) is 17.4 Å². The van der Waals surface area contributed by atoms with Crippen molar-refractivity contribution in [2.45, 2.75) is 24.6 Å². The molecule has 104 valence electrons. The van der Waals surface area contributed by atoms with Crippen molar-refractivity contribution < 1.29 is 14.1 Å². The number of alkyl halides is 1. The number of nitrogens with zero attached hydrogens (tertiary/aromatic N) is 1. The summed E-state index contributed by atoms with van der Waals surface area (Å²) < 4.78 is 13.6. The molecule has 19 heavy (non-hydrogen) atoms. The lowest BCUT2D eigenvalue weighted by molar-refractivity contribution is -0.385. The molecule has 0 spiro atoms. The maximum atomic E-state index is 13.6. The second kappa shape index (κ2) is 7.18. The Morgan fingerprint density at radius 3 is 2.79 bits per heavy atom. The van der Waals surface area contributed by atoms with Gasteiger partial charge in [-0.2, -0.15) is 0 Å². The van der Waals surface area contributed by atoms with Crippen molar-refractivity contribution in [2.24, 2.45) is 0 Å². The van der Waals surface area contributed by atoms with Gasteiger partial charge in [-0.1, -0.05) is 29.3 Å². The summed E-state index contributed by atoms with van der Waals surface area (Å²) in [6.07, 6.45) is 1.86. The van der Waals surface area contributed by atoms with Crippen LogP contribution >= 0.6 is 15.9 Å². The minimum absolute atomic E-state index is 0.127. The molecule has 1 N–H and O–H groups in total. The number of nitrogens with one attached hydrogen (secondary N) is 1. The number of hydrogen-bond acceptors (Lipinski definition) is 3. The first-order chi connectivity index (χ1) is 8.95. The molecule has 0 aliphatic carbocycles. The molecule has 1 atom stereocenters. The first kappa shape index (κ1) is 15.6. The van der Waals surface area contributed by atoms with E-state index in [1.807, 2.05) is 6.92 Å². The Balaban J connectivity index is 2.70. The predicted molar refractivity (Wildman–Crippen MR) is 73.0 cm³/mol. The standard InChI is InChI=1S/C12H14BrFN2O3/c1-2-3-8(13)7-15-12(17)10-5-4-9(16(18)19)6-11(10)14/h4-6,8H,2-3,7H2,1H3,(H,15,17). The molecular formula is C12H14BrFN2O3. The summed E-state index contributed by atoms with van der Waals surface area (Å²) in [5, 5.41) is 13.0. The summed E-state index contributed by atoms with van der Waals surface area (Å²) in [4.78, 5) is 21.6. The van der Waals surface area contributed by atoms with E-state index in [1.165, 1.54) is 0 Å². The second-order valence-electron chi connectivity index (χ2n) is 4.02. The van der Waals surface area contributed by atoms with Crippen molar-refractivity contribution in [3.8, 4) is 0 Å². The van der Waals surface area contributed by atoms with Crippen LogP contribution in [0.2, 0.25) is 0 Å². The number of non-ortho nitro benzene ring substituents is 1. The first-order valence-corrected chi connectivity index (χ1v) is 6.73. The minimum atomic E-state index is -0.895. The van der Waals surface area contributed by atoms with Gasteiger partial charge in [-0.3, -0.25) is 14.9 Å².